The van der Waals surface area contributed by atoms with Gasteiger partial charge in [-0.1, -0.05) is 11.6 Å². The van der Waals surface area contributed by atoms with Gasteiger partial charge >= 0.3 is 0 Å². The molecule has 0 spiro atoms. The van der Waals surface area contributed by atoms with Crippen molar-refractivity contribution in [1.29, 1.82) is 0 Å². The second-order valence-electron chi connectivity index (χ2n) is 3.83. The lowest BCUT2D eigenvalue weighted by Gasteiger charge is -2.26. The van der Waals surface area contributed by atoms with Gasteiger partial charge in [0.2, 0.25) is 5.88 Å². The molecular formula is C10H14ClN3O. The lowest BCUT2D eigenvalue weighted by molar-refractivity contribution is 0.140. The van der Waals surface area contributed by atoms with Crippen molar-refractivity contribution in [3.8, 4) is 5.88 Å². The highest BCUT2D eigenvalue weighted by Gasteiger charge is 2.20. The number of nitrogens with zero attached hydrogens (tertiary/aromatic N) is 2. The molecule has 1 aromatic rings. The minimum Gasteiger partial charge on any atom is -0.473 e. The summed E-state index contributed by atoms with van der Waals surface area (Å²) in [6, 6.07) is 0.329. The molecule has 1 aliphatic carbocycles. The van der Waals surface area contributed by atoms with E-state index in [9.17, 15) is 0 Å². The highest BCUT2D eigenvalue weighted by Crippen LogP contribution is 2.21. The van der Waals surface area contributed by atoms with Gasteiger partial charge < -0.3 is 10.5 Å². The van der Waals surface area contributed by atoms with Crippen LogP contribution in [0.1, 0.15) is 25.7 Å². The second-order valence-corrected chi connectivity index (χ2v) is 4.22. The smallest absolute Gasteiger partial charge is 0.234 e. The van der Waals surface area contributed by atoms with Crippen molar-refractivity contribution < 1.29 is 4.74 Å². The van der Waals surface area contributed by atoms with Crippen LogP contribution in [-0.2, 0) is 0 Å². The summed E-state index contributed by atoms with van der Waals surface area (Å²) in [5.41, 5.74) is 5.81. The van der Waals surface area contributed by atoms with Crippen LogP contribution < -0.4 is 10.5 Å². The second kappa shape index (κ2) is 4.77. The van der Waals surface area contributed by atoms with Crippen molar-refractivity contribution >= 4 is 11.6 Å². The number of halogens is 1. The Hall–Kier alpha value is -0.870. The Balaban J connectivity index is 1.92. The van der Waals surface area contributed by atoms with Gasteiger partial charge in [-0.15, -0.1) is 0 Å². The molecular weight excluding hydrogens is 214 g/mol. The van der Waals surface area contributed by atoms with Crippen LogP contribution in [0.3, 0.4) is 0 Å². The van der Waals surface area contributed by atoms with Gasteiger partial charge in [-0.05, 0) is 25.7 Å². The molecule has 0 radical (unpaired) electrons. The molecule has 1 saturated carbocycles. The topological polar surface area (TPSA) is 61.0 Å². The average Bonchev–Trinajstić information content (AvgIpc) is 2.22. The molecule has 2 N–H and O–H groups in total. The van der Waals surface area contributed by atoms with E-state index in [1.54, 1.807) is 6.20 Å². The SMILES string of the molecule is NC1CCC(Oc2cncc(Cl)n2)CC1. The summed E-state index contributed by atoms with van der Waals surface area (Å²) in [4.78, 5) is 7.96. The van der Waals surface area contributed by atoms with Gasteiger partial charge in [0.1, 0.15) is 6.10 Å². The predicted molar refractivity (Wildman–Crippen MR) is 57.9 cm³/mol. The fraction of sp³-hybridized carbons (Fsp3) is 0.600. The molecule has 0 bridgehead atoms. The van der Waals surface area contributed by atoms with E-state index in [1.165, 1.54) is 6.20 Å². The molecule has 0 amide bonds. The molecule has 5 heteroatoms. The maximum atomic E-state index is 5.81. The van der Waals surface area contributed by atoms with E-state index >= 15 is 0 Å². The number of ether oxygens (including phenoxy) is 1. The van der Waals surface area contributed by atoms with E-state index in [1.807, 2.05) is 0 Å². The molecule has 0 unspecified atom stereocenters. The van der Waals surface area contributed by atoms with E-state index in [2.05, 4.69) is 9.97 Å². The van der Waals surface area contributed by atoms with Crippen LogP contribution in [0, 0.1) is 0 Å². The first-order chi connectivity index (χ1) is 7.24. The zero-order chi connectivity index (χ0) is 10.7. The first kappa shape index (κ1) is 10.6. The Morgan fingerprint density at radius 1 is 1.27 bits per heavy atom. The van der Waals surface area contributed by atoms with Crippen LogP contribution in [0.4, 0.5) is 0 Å². The van der Waals surface area contributed by atoms with Crippen molar-refractivity contribution in [3.63, 3.8) is 0 Å². The van der Waals surface area contributed by atoms with Crippen LogP contribution in [0.25, 0.3) is 0 Å². The third kappa shape index (κ3) is 3.04. The minimum absolute atomic E-state index is 0.206. The van der Waals surface area contributed by atoms with Gasteiger partial charge in [-0.2, -0.15) is 4.98 Å². The van der Waals surface area contributed by atoms with Crippen LogP contribution in [-0.4, -0.2) is 22.1 Å². The Morgan fingerprint density at radius 3 is 2.67 bits per heavy atom. The van der Waals surface area contributed by atoms with Crippen LogP contribution in [0.15, 0.2) is 12.4 Å². The van der Waals surface area contributed by atoms with Crippen molar-refractivity contribution in [2.45, 2.75) is 37.8 Å². The first-order valence-corrected chi connectivity index (χ1v) is 5.51. The van der Waals surface area contributed by atoms with E-state index in [-0.39, 0.29) is 6.10 Å². The summed E-state index contributed by atoms with van der Waals surface area (Å²) in [6.07, 6.45) is 7.27. The molecule has 82 valence electrons. The van der Waals surface area contributed by atoms with E-state index in [4.69, 9.17) is 22.1 Å². The van der Waals surface area contributed by atoms with Gasteiger partial charge in [0.05, 0.1) is 12.4 Å². The summed E-state index contributed by atoms with van der Waals surface area (Å²) >= 11 is 5.71. The Labute approximate surface area is 93.8 Å². The lowest BCUT2D eigenvalue weighted by Crippen LogP contribution is -2.31. The lowest BCUT2D eigenvalue weighted by atomic mass is 9.94. The van der Waals surface area contributed by atoms with Crippen molar-refractivity contribution in [1.82, 2.24) is 9.97 Å². The van der Waals surface area contributed by atoms with Gasteiger partial charge in [-0.25, -0.2) is 0 Å². The summed E-state index contributed by atoms with van der Waals surface area (Å²) in [5.74, 6) is 0.503. The predicted octanol–water partition coefficient (Wildman–Crippen LogP) is 1.78. The Kier molecular flexibility index (Phi) is 3.38. The van der Waals surface area contributed by atoms with Gasteiger partial charge in [-0.3, -0.25) is 4.98 Å². The highest BCUT2D eigenvalue weighted by molar-refractivity contribution is 6.29. The molecule has 0 atom stereocenters. The quantitative estimate of drug-likeness (QED) is 0.837. The normalized spacial score (nSPS) is 26.3. The van der Waals surface area contributed by atoms with E-state index < -0.39 is 0 Å². The molecule has 2 rings (SSSR count). The summed E-state index contributed by atoms with van der Waals surface area (Å²) in [7, 11) is 0. The van der Waals surface area contributed by atoms with E-state index in [0.717, 1.165) is 25.7 Å². The van der Waals surface area contributed by atoms with Gasteiger partial charge in [0, 0.05) is 6.04 Å². The molecule has 1 aromatic heterocycles. The largest absolute Gasteiger partial charge is 0.473 e. The third-order valence-electron chi connectivity index (χ3n) is 2.59. The summed E-state index contributed by atoms with van der Waals surface area (Å²) in [6.45, 7) is 0. The fourth-order valence-corrected chi connectivity index (χ4v) is 1.90. The van der Waals surface area contributed by atoms with Gasteiger partial charge in [0.15, 0.2) is 5.15 Å². The van der Waals surface area contributed by atoms with Crippen LogP contribution in [0.5, 0.6) is 5.88 Å². The van der Waals surface area contributed by atoms with Crippen molar-refractivity contribution in [2.24, 2.45) is 5.73 Å². The maximum absolute atomic E-state index is 5.81. The molecule has 1 heterocycles. The van der Waals surface area contributed by atoms with E-state index in [0.29, 0.717) is 17.1 Å². The number of hydrogen-bond acceptors (Lipinski definition) is 4. The average molecular weight is 228 g/mol. The Bertz CT molecular complexity index is 326. The standard InChI is InChI=1S/C10H14ClN3O/c11-9-5-13-6-10(14-9)15-8-3-1-7(12)2-4-8/h5-8H,1-4,12H2. The Morgan fingerprint density at radius 2 is 2.00 bits per heavy atom. The fourth-order valence-electron chi connectivity index (χ4n) is 1.76. The number of hydrogen-bond donors (Lipinski definition) is 1. The number of nitrogens with two attached hydrogens (primary N) is 1. The van der Waals surface area contributed by atoms with Gasteiger partial charge in [0.25, 0.3) is 0 Å². The minimum atomic E-state index is 0.206. The van der Waals surface area contributed by atoms with Crippen molar-refractivity contribution in [3.05, 3.63) is 17.5 Å². The first-order valence-electron chi connectivity index (χ1n) is 5.14. The molecule has 15 heavy (non-hydrogen) atoms. The highest BCUT2D eigenvalue weighted by atomic mass is 35.5. The summed E-state index contributed by atoms with van der Waals surface area (Å²) < 4.78 is 5.67. The molecule has 0 saturated heterocycles. The summed E-state index contributed by atoms with van der Waals surface area (Å²) in [5, 5.41) is 0.361. The molecule has 1 aliphatic rings. The monoisotopic (exact) mass is 227 g/mol. The molecule has 0 aromatic carbocycles. The molecule has 0 aliphatic heterocycles. The number of aromatic nitrogens is 2. The molecule has 1 fully saturated rings. The zero-order valence-corrected chi connectivity index (χ0v) is 9.15. The van der Waals surface area contributed by atoms with Crippen LogP contribution in [0.2, 0.25) is 5.15 Å². The zero-order valence-electron chi connectivity index (χ0n) is 8.40. The third-order valence-corrected chi connectivity index (χ3v) is 2.77. The van der Waals surface area contributed by atoms with Crippen LogP contribution >= 0.6 is 11.6 Å². The maximum Gasteiger partial charge on any atom is 0.234 e. The van der Waals surface area contributed by atoms with Crippen molar-refractivity contribution in [2.75, 3.05) is 0 Å². The molecule has 4 nitrogen and oxygen atoms in total. The number of rotatable bonds is 2.